The van der Waals surface area contributed by atoms with Gasteiger partial charge in [0.1, 0.15) is 11.6 Å². The van der Waals surface area contributed by atoms with Crippen molar-refractivity contribution in [2.45, 2.75) is 77.7 Å². The molecule has 1 saturated carbocycles. The van der Waals surface area contributed by atoms with Crippen LogP contribution in [0, 0.1) is 0 Å². The average Bonchev–Trinajstić information content (AvgIpc) is 2.44. The van der Waals surface area contributed by atoms with E-state index >= 15 is 0 Å². The summed E-state index contributed by atoms with van der Waals surface area (Å²) in [7, 11) is 0. The van der Waals surface area contributed by atoms with Gasteiger partial charge in [-0.1, -0.05) is 26.2 Å². The Morgan fingerprint density at radius 2 is 1.90 bits per heavy atom. The predicted octanol–water partition coefficient (Wildman–Crippen LogP) is 4.52. The van der Waals surface area contributed by atoms with Crippen molar-refractivity contribution >= 4 is 5.82 Å². The van der Waals surface area contributed by atoms with Crippen molar-refractivity contribution in [3.05, 3.63) is 11.9 Å². The van der Waals surface area contributed by atoms with Crippen LogP contribution in [0.2, 0.25) is 0 Å². The molecule has 118 valence electrons. The van der Waals surface area contributed by atoms with Crippen LogP contribution in [-0.2, 0) is 0 Å². The first-order valence-corrected chi connectivity index (χ1v) is 8.28. The molecule has 0 unspecified atom stereocenters. The highest BCUT2D eigenvalue weighted by Crippen LogP contribution is 2.32. The summed E-state index contributed by atoms with van der Waals surface area (Å²) in [5, 5.41) is 3.45. The molecule has 1 N–H and O–H groups in total. The first-order valence-electron chi connectivity index (χ1n) is 8.28. The van der Waals surface area contributed by atoms with Gasteiger partial charge < -0.3 is 10.1 Å². The van der Waals surface area contributed by atoms with Gasteiger partial charge in [0.25, 0.3) is 0 Å². The molecule has 0 aromatic carbocycles. The van der Waals surface area contributed by atoms with Crippen LogP contribution in [0.1, 0.15) is 78.0 Å². The maximum Gasteiger partial charge on any atom is 0.218 e. The molecule has 0 atom stereocenters. The first-order chi connectivity index (χ1) is 9.98. The fourth-order valence-corrected chi connectivity index (χ4v) is 2.71. The molecule has 4 heteroatoms. The van der Waals surface area contributed by atoms with Crippen LogP contribution in [0.3, 0.4) is 0 Å². The Bertz CT molecular complexity index is 448. The zero-order valence-electron chi connectivity index (χ0n) is 13.9. The van der Waals surface area contributed by atoms with E-state index in [0.717, 1.165) is 18.1 Å². The topological polar surface area (TPSA) is 47.0 Å². The number of anilines is 1. The van der Waals surface area contributed by atoms with E-state index in [1.807, 2.05) is 6.07 Å². The Morgan fingerprint density at radius 3 is 2.52 bits per heavy atom. The number of nitrogens with one attached hydrogen (secondary N) is 1. The lowest BCUT2D eigenvalue weighted by Gasteiger charge is -2.24. The minimum absolute atomic E-state index is 0.0137. The van der Waals surface area contributed by atoms with Crippen LogP contribution in [0.15, 0.2) is 6.07 Å². The maximum absolute atomic E-state index is 5.75. The van der Waals surface area contributed by atoms with Gasteiger partial charge in [-0.15, -0.1) is 0 Å². The molecule has 1 aliphatic rings. The van der Waals surface area contributed by atoms with Gasteiger partial charge in [-0.2, -0.15) is 4.98 Å². The Morgan fingerprint density at radius 1 is 1.19 bits per heavy atom. The Hall–Kier alpha value is -1.32. The highest BCUT2D eigenvalue weighted by Gasteiger charge is 2.21. The van der Waals surface area contributed by atoms with Crippen molar-refractivity contribution < 1.29 is 4.74 Å². The molecule has 1 aromatic heterocycles. The Kier molecular flexibility index (Phi) is 5.43. The molecular formula is C17H29N3O. The summed E-state index contributed by atoms with van der Waals surface area (Å²) in [6, 6.07) is 1.92. The lowest BCUT2D eigenvalue weighted by atomic mass is 9.89. The normalized spacial score (nSPS) is 16.8. The minimum Gasteiger partial charge on any atom is -0.478 e. The van der Waals surface area contributed by atoms with Crippen molar-refractivity contribution in [1.29, 1.82) is 0 Å². The van der Waals surface area contributed by atoms with Crippen molar-refractivity contribution in [3.8, 4) is 5.88 Å². The fraction of sp³-hybridized carbons (Fsp3) is 0.765. The third kappa shape index (κ3) is 5.18. The second-order valence-electron chi connectivity index (χ2n) is 7.01. The SMILES string of the molecule is CCCOc1cc(NC(C)(C)C)nc(C2CCCCC2)n1. The van der Waals surface area contributed by atoms with E-state index in [9.17, 15) is 0 Å². The summed E-state index contributed by atoms with van der Waals surface area (Å²) in [5.74, 6) is 3.03. The monoisotopic (exact) mass is 291 g/mol. The lowest BCUT2D eigenvalue weighted by Crippen LogP contribution is -2.27. The highest BCUT2D eigenvalue weighted by molar-refractivity contribution is 5.41. The summed E-state index contributed by atoms with van der Waals surface area (Å²) in [5.41, 5.74) is -0.0137. The van der Waals surface area contributed by atoms with Gasteiger partial charge in [0.15, 0.2) is 0 Å². The number of ether oxygens (including phenoxy) is 1. The molecule has 0 radical (unpaired) electrons. The lowest BCUT2D eigenvalue weighted by molar-refractivity contribution is 0.301. The first kappa shape index (κ1) is 16.1. The van der Waals surface area contributed by atoms with E-state index in [0.29, 0.717) is 18.4 Å². The molecule has 0 spiro atoms. The van der Waals surface area contributed by atoms with Crippen molar-refractivity contribution in [2.24, 2.45) is 0 Å². The van der Waals surface area contributed by atoms with Gasteiger partial charge >= 0.3 is 0 Å². The van der Waals surface area contributed by atoms with Gasteiger partial charge in [-0.25, -0.2) is 4.98 Å². The van der Waals surface area contributed by atoms with Gasteiger partial charge in [-0.05, 0) is 40.0 Å². The predicted molar refractivity (Wildman–Crippen MR) is 87.0 cm³/mol. The van der Waals surface area contributed by atoms with Crippen LogP contribution in [-0.4, -0.2) is 22.1 Å². The molecule has 0 bridgehead atoms. The summed E-state index contributed by atoms with van der Waals surface area (Å²) in [6.45, 7) is 9.24. The summed E-state index contributed by atoms with van der Waals surface area (Å²) in [6.07, 6.45) is 7.31. The highest BCUT2D eigenvalue weighted by atomic mass is 16.5. The molecular weight excluding hydrogens is 262 g/mol. The molecule has 1 aromatic rings. The third-order valence-corrected chi connectivity index (χ3v) is 3.65. The van der Waals surface area contributed by atoms with Crippen LogP contribution in [0.25, 0.3) is 0 Å². The van der Waals surface area contributed by atoms with Crippen molar-refractivity contribution in [3.63, 3.8) is 0 Å². The van der Waals surface area contributed by atoms with Gasteiger partial charge in [0.05, 0.1) is 6.61 Å². The fourth-order valence-electron chi connectivity index (χ4n) is 2.71. The number of aromatic nitrogens is 2. The molecule has 4 nitrogen and oxygen atoms in total. The molecule has 0 saturated heterocycles. The number of nitrogens with zero attached hydrogens (tertiary/aromatic N) is 2. The largest absolute Gasteiger partial charge is 0.478 e. The summed E-state index contributed by atoms with van der Waals surface area (Å²) < 4.78 is 5.75. The molecule has 21 heavy (non-hydrogen) atoms. The average molecular weight is 291 g/mol. The van der Waals surface area contributed by atoms with E-state index in [1.165, 1.54) is 32.1 Å². The van der Waals surface area contributed by atoms with E-state index in [-0.39, 0.29) is 5.54 Å². The smallest absolute Gasteiger partial charge is 0.218 e. The van der Waals surface area contributed by atoms with E-state index in [1.54, 1.807) is 0 Å². The van der Waals surface area contributed by atoms with E-state index in [2.05, 4.69) is 38.0 Å². The second-order valence-corrected chi connectivity index (χ2v) is 7.01. The van der Waals surface area contributed by atoms with Crippen molar-refractivity contribution in [2.75, 3.05) is 11.9 Å². The summed E-state index contributed by atoms with van der Waals surface area (Å²) >= 11 is 0. The molecule has 0 amide bonds. The van der Waals surface area contributed by atoms with Gasteiger partial charge in [-0.3, -0.25) is 0 Å². The maximum atomic E-state index is 5.75. The van der Waals surface area contributed by atoms with Crippen LogP contribution >= 0.6 is 0 Å². The van der Waals surface area contributed by atoms with Gasteiger partial charge in [0, 0.05) is 17.5 Å². The quantitative estimate of drug-likeness (QED) is 0.866. The van der Waals surface area contributed by atoms with E-state index < -0.39 is 0 Å². The molecule has 2 rings (SSSR count). The van der Waals surface area contributed by atoms with Crippen LogP contribution < -0.4 is 10.1 Å². The number of rotatable bonds is 5. The van der Waals surface area contributed by atoms with Crippen molar-refractivity contribution in [1.82, 2.24) is 9.97 Å². The van der Waals surface area contributed by atoms with Crippen LogP contribution in [0.4, 0.5) is 5.82 Å². The zero-order chi connectivity index (χ0) is 15.3. The Labute approximate surface area is 128 Å². The molecule has 0 aliphatic heterocycles. The number of hydrogen-bond donors (Lipinski definition) is 1. The van der Waals surface area contributed by atoms with Gasteiger partial charge in [0.2, 0.25) is 5.88 Å². The molecule has 1 heterocycles. The second kappa shape index (κ2) is 7.10. The summed E-state index contributed by atoms with van der Waals surface area (Å²) in [4.78, 5) is 9.40. The standard InChI is InChI=1S/C17H29N3O/c1-5-11-21-15-12-14(20-17(2,3)4)18-16(19-15)13-9-7-6-8-10-13/h12-13H,5-11H2,1-4H3,(H,18,19,20). The molecule has 1 fully saturated rings. The Balaban J connectivity index is 2.22. The zero-order valence-corrected chi connectivity index (χ0v) is 13.9. The van der Waals surface area contributed by atoms with Crippen LogP contribution in [0.5, 0.6) is 5.88 Å². The third-order valence-electron chi connectivity index (χ3n) is 3.65. The van der Waals surface area contributed by atoms with E-state index in [4.69, 9.17) is 9.72 Å². The number of hydrogen-bond acceptors (Lipinski definition) is 4. The minimum atomic E-state index is -0.0137. The molecule has 1 aliphatic carbocycles.